The Balaban J connectivity index is 1.35. The maximum Gasteiger partial charge on any atom is 0.237 e. The van der Waals surface area contributed by atoms with Crippen LogP contribution in [0, 0.1) is 5.82 Å². The van der Waals surface area contributed by atoms with E-state index in [0.29, 0.717) is 16.0 Å². The second kappa shape index (κ2) is 10.4. The number of nitrogens with one attached hydrogen (secondary N) is 2. The van der Waals surface area contributed by atoms with Gasteiger partial charge < -0.3 is 10.6 Å². The van der Waals surface area contributed by atoms with Crippen molar-refractivity contribution in [2.24, 2.45) is 0 Å². The lowest BCUT2D eigenvalue weighted by molar-refractivity contribution is -0.115. The van der Waals surface area contributed by atoms with Gasteiger partial charge in [-0.15, -0.1) is 10.2 Å². The second-order valence-corrected chi connectivity index (χ2v) is 9.58. The van der Waals surface area contributed by atoms with E-state index < -0.39 is 0 Å². The maximum atomic E-state index is 13.0. The number of rotatable bonds is 8. The minimum absolute atomic E-state index is 0.102. The summed E-state index contributed by atoms with van der Waals surface area (Å²) in [5, 5.41) is 14.8. The van der Waals surface area contributed by atoms with E-state index >= 15 is 0 Å². The Labute approximate surface area is 194 Å². The Hall–Kier alpha value is -3.23. The smallest absolute Gasteiger partial charge is 0.237 e. The topological polar surface area (TPSA) is 66.9 Å². The summed E-state index contributed by atoms with van der Waals surface area (Å²) in [7, 11) is 0. The quantitative estimate of drug-likeness (QED) is 0.310. The minimum Gasteiger partial charge on any atom is -0.356 e. The number of amides is 1. The molecule has 0 spiro atoms. The fourth-order valence-electron chi connectivity index (χ4n) is 3.01. The molecule has 32 heavy (non-hydrogen) atoms. The molecule has 0 aliphatic heterocycles. The maximum absolute atomic E-state index is 13.0. The molecule has 1 heterocycles. The van der Waals surface area contributed by atoms with Crippen LogP contribution in [0.4, 0.5) is 15.2 Å². The molecule has 0 saturated heterocycles. The van der Waals surface area contributed by atoms with Crippen LogP contribution in [0.3, 0.4) is 0 Å². The minimum atomic E-state index is -0.350. The predicted octanol–water partition coefficient (Wildman–Crippen LogP) is 6.08. The highest BCUT2D eigenvalue weighted by atomic mass is 32.2. The van der Waals surface area contributed by atoms with Gasteiger partial charge in [-0.2, -0.15) is 0 Å². The number of hydrogen-bond donors (Lipinski definition) is 2. The van der Waals surface area contributed by atoms with Gasteiger partial charge in [0.1, 0.15) is 5.82 Å². The van der Waals surface area contributed by atoms with Crippen molar-refractivity contribution in [3.8, 4) is 11.1 Å². The summed E-state index contributed by atoms with van der Waals surface area (Å²) in [6.45, 7) is 2.37. The summed E-state index contributed by atoms with van der Waals surface area (Å²) in [5.74, 6) is -0.364. The van der Waals surface area contributed by atoms with Crippen molar-refractivity contribution >= 4 is 39.8 Å². The number of thioether (sulfide) groups is 1. The molecule has 0 saturated carbocycles. The second-order valence-electron chi connectivity index (χ2n) is 7.01. The lowest BCUT2D eigenvalue weighted by atomic mass is 10.0. The fraction of sp³-hybridized carbons (Fsp3) is 0.125. The number of hydrogen-bond acceptors (Lipinski definition) is 6. The van der Waals surface area contributed by atoms with Gasteiger partial charge in [-0.1, -0.05) is 83.8 Å². The molecule has 0 fully saturated rings. The van der Waals surface area contributed by atoms with Gasteiger partial charge in [0, 0.05) is 17.8 Å². The van der Waals surface area contributed by atoms with Gasteiger partial charge in [-0.3, -0.25) is 4.79 Å². The molecule has 1 amide bonds. The van der Waals surface area contributed by atoms with Crippen LogP contribution in [0.5, 0.6) is 0 Å². The summed E-state index contributed by atoms with van der Waals surface area (Å²) in [5.41, 5.74) is 3.74. The van der Waals surface area contributed by atoms with Crippen molar-refractivity contribution in [3.05, 3.63) is 90.2 Å². The SMILES string of the molecule is CC(Sc1nnc(NCc2ccc(F)cc2)s1)C(=O)Nc1ccccc1-c1ccccc1. The molecule has 1 unspecified atom stereocenters. The molecular formula is C24H21FN4OS2. The van der Waals surface area contributed by atoms with Gasteiger partial charge in [0.05, 0.1) is 5.25 Å². The summed E-state index contributed by atoms with van der Waals surface area (Å²) < 4.78 is 13.7. The van der Waals surface area contributed by atoms with E-state index in [1.54, 1.807) is 12.1 Å². The van der Waals surface area contributed by atoms with Gasteiger partial charge in [0.2, 0.25) is 11.0 Å². The molecule has 0 radical (unpaired) electrons. The van der Waals surface area contributed by atoms with Crippen molar-refractivity contribution in [2.45, 2.75) is 23.1 Å². The highest BCUT2D eigenvalue weighted by Gasteiger charge is 2.18. The van der Waals surface area contributed by atoms with Gasteiger partial charge in [-0.25, -0.2) is 4.39 Å². The van der Waals surface area contributed by atoms with Crippen molar-refractivity contribution < 1.29 is 9.18 Å². The van der Waals surface area contributed by atoms with E-state index in [1.807, 2.05) is 61.5 Å². The van der Waals surface area contributed by atoms with Gasteiger partial charge in [0.15, 0.2) is 4.34 Å². The Morgan fingerprint density at radius 1 is 1.00 bits per heavy atom. The average molecular weight is 465 g/mol. The molecule has 3 aromatic carbocycles. The first-order valence-electron chi connectivity index (χ1n) is 10.0. The molecule has 1 atom stereocenters. The molecule has 4 rings (SSSR count). The molecule has 0 bridgehead atoms. The zero-order chi connectivity index (χ0) is 22.3. The molecule has 8 heteroatoms. The highest BCUT2D eigenvalue weighted by Crippen LogP contribution is 2.31. The molecule has 5 nitrogen and oxygen atoms in total. The Morgan fingerprint density at radius 2 is 1.72 bits per heavy atom. The summed E-state index contributed by atoms with van der Waals surface area (Å²) in [6.07, 6.45) is 0. The molecular weight excluding hydrogens is 443 g/mol. The third kappa shape index (κ3) is 5.72. The van der Waals surface area contributed by atoms with Crippen molar-refractivity contribution in [1.29, 1.82) is 0 Å². The average Bonchev–Trinajstić information content (AvgIpc) is 3.27. The van der Waals surface area contributed by atoms with E-state index in [1.165, 1.54) is 35.2 Å². The molecule has 2 N–H and O–H groups in total. The van der Waals surface area contributed by atoms with E-state index in [2.05, 4.69) is 20.8 Å². The number of aromatic nitrogens is 2. The zero-order valence-electron chi connectivity index (χ0n) is 17.3. The van der Waals surface area contributed by atoms with Crippen LogP contribution in [-0.4, -0.2) is 21.4 Å². The third-order valence-corrected chi connectivity index (χ3v) is 6.75. The standard InChI is InChI=1S/C24H21FN4OS2/c1-16(22(30)27-21-10-6-5-9-20(21)18-7-3-2-4-8-18)31-24-29-28-23(32-24)26-15-17-11-13-19(25)14-12-17/h2-14,16H,15H2,1H3,(H,26,28)(H,27,30). The molecule has 0 aliphatic rings. The number of nitrogens with zero attached hydrogens (tertiary/aromatic N) is 2. The Kier molecular flexibility index (Phi) is 7.14. The summed E-state index contributed by atoms with van der Waals surface area (Å²) in [4.78, 5) is 12.8. The summed E-state index contributed by atoms with van der Waals surface area (Å²) in [6, 6.07) is 24.0. The molecule has 4 aromatic rings. The van der Waals surface area contributed by atoms with Crippen molar-refractivity contribution in [1.82, 2.24) is 10.2 Å². The number of para-hydroxylation sites is 1. The van der Waals surface area contributed by atoms with Crippen LogP contribution in [0.2, 0.25) is 0 Å². The first-order chi connectivity index (χ1) is 15.6. The summed E-state index contributed by atoms with van der Waals surface area (Å²) >= 11 is 2.74. The van der Waals surface area contributed by atoms with E-state index in [-0.39, 0.29) is 17.0 Å². The van der Waals surface area contributed by atoms with Crippen molar-refractivity contribution in [3.63, 3.8) is 0 Å². The van der Waals surface area contributed by atoms with Gasteiger partial charge in [-0.05, 0) is 36.2 Å². The van der Waals surface area contributed by atoms with Gasteiger partial charge in [0.25, 0.3) is 0 Å². The fourth-order valence-corrected chi connectivity index (χ4v) is 4.90. The number of anilines is 2. The predicted molar refractivity (Wildman–Crippen MR) is 129 cm³/mol. The zero-order valence-corrected chi connectivity index (χ0v) is 18.9. The first kappa shape index (κ1) is 22.0. The highest BCUT2D eigenvalue weighted by molar-refractivity contribution is 8.02. The van der Waals surface area contributed by atoms with Gasteiger partial charge >= 0.3 is 0 Å². The Morgan fingerprint density at radius 3 is 2.50 bits per heavy atom. The number of halogens is 1. The van der Waals surface area contributed by atoms with E-state index in [4.69, 9.17) is 0 Å². The molecule has 162 valence electrons. The monoisotopic (exact) mass is 464 g/mol. The number of carbonyl (C=O) groups is 1. The normalized spacial score (nSPS) is 11.7. The van der Waals surface area contributed by atoms with Crippen LogP contribution in [0.25, 0.3) is 11.1 Å². The molecule has 1 aromatic heterocycles. The lowest BCUT2D eigenvalue weighted by Gasteiger charge is -2.14. The van der Waals surface area contributed by atoms with Crippen LogP contribution in [0.15, 0.2) is 83.2 Å². The van der Waals surface area contributed by atoms with Crippen LogP contribution < -0.4 is 10.6 Å². The third-order valence-electron chi connectivity index (χ3n) is 4.68. The van der Waals surface area contributed by atoms with E-state index in [0.717, 1.165) is 22.4 Å². The van der Waals surface area contributed by atoms with Crippen LogP contribution >= 0.6 is 23.1 Å². The number of benzene rings is 3. The Bertz CT molecular complexity index is 1180. The largest absolute Gasteiger partial charge is 0.356 e. The van der Waals surface area contributed by atoms with Crippen LogP contribution in [0.1, 0.15) is 12.5 Å². The lowest BCUT2D eigenvalue weighted by Crippen LogP contribution is -2.22. The van der Waals surface area contributed by atoms with Crippen LogP contribution in [-0.2, 0) is 11.3 Å². The number of carbonyl (C=O) groups excluding carboxylic acids is 1. The van der Waals surface area contributed by atoms with E-state index in [9.17, 15) is 9.18 Å². The first-order valence-corrected chi connectivity index (χ1v) is 11.7. The van der Waals surface area contributed by atoms with Crippen molar-refractivity contribution in [2.75, 3.05) is 10.6 Å². The molecule has 0 aliphatic carbocycles.